The minimum absolute atomic E-state index is 0.000254. The lowest BCUT2D eigenvalue weighted by molar-refractivity contribution is 0.103. The van der Waals surface area contributed by atoms with Gasteiger partial charge in [-0.3, -0.25) is 4.79 Å². The van der Waals surface area contributed by atoms with Crippen LogP contribution in [0.4, 0.5) is 0 Å². The van der Waals surface area contributed by atoms with Crippen molar-refractivity contribution < 1.29 is 14.3 Å². The summed E-state index contributed by atoms with van der Waals surface area (Å²) in [6.45, 7) is 9.63. The van der Waals surface area contributed by atoms with Crippen molar-refractivity contribution >= 4 is 5.78 Å². The maximum absolute atomic E-state index is 13.0. The molecule has 1 atom stereocenters. The van der Waals surface area contributed by atoms with Crippen LogP contribution in [0.15, 0.2) is 42.5 Å². The molecule has 24 heavy (non-hydrogen) atoms. The Hall–Kier alpha value is -2.13. The largest absolute Gasteiger partial charge is 0.490 e. The van der Waals surface area contributed by atoms with Gasteiger partial charge in [-0.05, 0) is 35.6 Å². The van der Waals surface area contributed by atoms with Crippen molar-refractivity contribution in [2.45, 2.75) is 39.2 Å². The third-order valence-electron chi connectivity index (χ3n) is 4.31. The molecule has 126 valence electrons. The molecule has 3 nitrogen and oxygen atoms in total. The first-order chi connectivity index (χ1) is 11.4. The normalized spacial score (nSPS) is 16.8. The van der Waals surface area contributed by atoms with Crippen molar-refractivity contribution in [3.8, 4) is 5.75 Å². The zero-order chi connectivity index (χ0) is 17.3. The van der Waals surface area contributed by atoms with Gasteiger partial charge in [0.05, 0.1) is 12.2 Å². The fourth-order valence-corrected chi connectivity index (χ4v) is 2.62. The van der Waals surface area contributed by atoms with Crippen molar-refractivity contribution in [1.29, 1.82) is 0 Å². The number of carbonyl (C=O) groups excluding carboxylic acids is 1. The van der Waals surface area contributed by atoms with Gasteiger partial charge >= 0.3 is 0 Å². The molecule has 1 fully saturated rings. The number of ketones is 1. The molecule has 1 unspecified atom stereocenters. The zero-order valence-corrected chi connectivity index (χ0v) is 14.8. The fourth-order valence-electron chi connectivity index (χ4n) is 2.62. The maximum atomic E-state index is 13.0. The molecular formula is C21H24O3. The second-order valence-electron chi connectivity index (χ2n) is 7.37. The van der Waals surface area contributed by atoms with Gasteiger partial charge in [0, 0.05) is 5.56 Å². The molecule has 0 spiro atoms. The van der Waals surface area contributed by atoms with E-state index in [1.807, 2.05) is 49.4 Å². The highest BCUT2D eigenvalue weighted by Crippen LogP contribution is 2.31. The van der Waals surface area contributed by atoms with Crippen LogP contribution in [0.25, 0.3) is 0 Å². The maximum Gasteiger partial charge on any atom is 0.197 e. The number of ether oxygens (including phenoxy) is 2. The summed E-state index contributed by atoms with van der Waals surface area (Å²) in [5.41, 5.74) is 3.44. The highest BCUT2D eigenvalue weighted by atomic mass is 16.6. The number of carbonyl (C=O) groups is 1. The van der Waals surface area contributed by atoms with Gasteiger partial charge in [-0.2, -0.15) is 0 Å². The summed E-state index contributed by atoms with van der Waals surface area (Å²) in [4.78, 5) is 13.0. The summed E-state index contributed by atoms with van der Waals surface area (Å²) >= 11 is 0. The fraction of sp³-hybridized carbons (Fsp3) is 0.381. The van der Waals surface area contributed by atoms with Crippen LogP contribution in [-0.4, -0.2) is 25.1 Å². The average molecular weight is 324 g/mol. The van der Waals surface area contributed by atoms with Gasteiger partial charge < -0.3 is 9.47 Å². The van der Waals surface area contributed by atoms with Crippen LogP contribution in [0.5, 0.6) is 5.75 Å². The molecule has 3 rings (SSSR count). The number of hydrogen-bond donors (Lipinski definition) is 0. The minimum Gasteiger partial charge on any atom is -0.490 e. The van der Waals surface area contributed by atoms with Crippen LogP contribution in [-0.2, 0) is 10.2 Å². The minimum atomic E-state index is -0.00156. The number of aryl methyl sites for hydroxylation is 1. The Morgan fingerprint density at radius 3 is 2.50 bits per heavy atom. The number of benzene rings is 2. The van der Waals surface area contributed by atoms with Gasteiger partial charge in [0.2, 0.25) is 0 Å². The van der Waals surface area contributed by atoms with Gasteiger partial charge in [0.25, 0.3) is 0 Å². The van der Waals surface area contributed by atoms with Crippen LogP contribution in [0.2, 0.25) is 0 Å². The van der Waals surface area contributed by atoms with Gasteiger partial charge in [-0.1, -0.05) is 51.1 Å². The van der Waals surface area contributed by atoms with E-state index in [4.69, 9.17) is 9.47 Å². The molecule has 0 aromatic heterocycles. The van der Waals surface area contributed by atoms with Gasteiger partial charge in [-0.25, -0.2) is 0 Å². The molecule has 2 aromatic carbocycles. The lowest BCUT2D eigenvalue weighted by Gasteiger charge is -2.21. The van der Waals surface area contributed by atoms with Crippen LogP contribution >= 0.6 is 0 Å². The van der Waals surface area contributed by atoms with E-state index in [1.165, 1.54) is 0 Å². The number of rotatable bonds is 5. The SMILES string of the molecule is Cc1ccccc1C(=O)c1ccc(C(C)(C)C)cc1OCC1CO1. The van der Waals surface area contributed by atoms with Gasteiger partial charge in [0.1, 0.15) is 18.5 Å². The molecular weight excluding hydrogens is 300 g/mol. The number of hydrogen-bond acceptors (Lipinski definition) is 3. The first kappa shape index (κ1) is 16.7. The summed E-state index contributed by atoms with van der Waals surface area (Å²) in [5.74, 6) is 0.645. The monoisotopic (exact) mass is 324 g/mol. The van der Waals surface area contributed by atoms with E-state index in [9.17, 15) is 4.79 Å². The molecule has 1 heterocycles. The average Bonchev–Trinajstić information content (AvgIpc) is 3.36. The van der Waals surface area contributed by atoms with Crippen LogP contribution < -0.4 is 4.74 Å². The van der Waals surface area contributed by atoms with E-state index in [0.717, 1.165) is 17.7 Å². The highest BCUT2D eigenvalue weighted by Gasteiger charge is 2.25. The van der Waals surface area contributed by atoms with E-state index in [1.54, 1.807) is 0 Å². The predicted octanol–water partition coefficient (Wildman–Crippen LogP) is 4.30. The Labute approximate surface area is 143 Å². The van der Waals surface area contributed by atoms with Crippen molar-refractivity contribution in [2.75, 3.05) is 13.2 Å². The quantitative estimate of drug-likeness (QED) is 0.608. The molecule has 1 aliphatic rings. The topological polar surface area (TPSA) is 38.8 Å². The third-order valence-corrected chi connectivity index (χ3v) is 4.31. The second kappa shape index (κ2) is 6.40. The first-order valence-electron chi connectivity index (χ1n) is 8.35. The third kappa shape index (κ3) is 3.68. The molecule has 1 saturated heterocycles. The first-order valence-corrected chi connectivity index (χ1v) is 8.35. The Bertz CT molecular complexity index is 752. The Kier molecular flexibility index (Phi) is 4.46. The Morgan fingerprint density at radius 2 is 1.88 bits per heavy atom. The number of epoxide rings is 1. The molecule has 0 bridgehead atoms. The molecule has 0 aliphatic carbocycles. The van der Waals surface area contributed by atoms with Crippen molar-refractivity contribution in [3.63, 3.8) is 0 Å². The molecule has 0 radical (unpaired) electrons. The lowest BCUT2D eigenvalue weighted by atomic mass is 9.85. The Morgan fingerprint density at radius 1 is 1.17 bits per heavy atom. The van der Waals surface area contributed by atoms with Crippen molar-refractivity contribution in [2.24, 2.45) is 0 Å². The second-order valence-corrected chi connectivity index (χ2v) is 7.37. The van der Waals surface area contributed by atoms with Crippen molar-refractivity contribution in [1.82, 2.24) is 0 Å². The van der Waals surface area contributed by atoms with E-state index < -0.39 is 0 Å². The van der Waals surface area contributed by atoms with Gasteiger partial charge in [-0.15, -0.1) is 0 Å². The van der Waals surface area contributed by atoms with E-state index in [2.05, 4.69) is 20.8 Å². The molecule has 0 saturated carbocycles. The molecule has 1 aliphatic heterocycles. The standard InChI is InChI=1S/C21H24O3/c1-14-7-5-6-8-17(14)20(22)18-10-9-15(21(2,3)4)11-19(18)24-13-16-12-23-16/h5-11,16H,12-13H2,1-4H3. The van der Waals surface area contributed by atoms with Crippen LogP contribution in [0.3, 0.4) is 0 Å². The van der Waals surface area contributed by atoms with Crippen LogP contribution in [0.1, 0.15) is 47.8 Å². The predicted molar refractivity (Wildman–Crippen MR) is 95.0 cm³/mol. The van der Waals surface area contributed by atoms with Crippen LogP contribution in [0, 0.1) is 6.92 Å². The van der Waals surface area contributed by atoms with E-state index in [-0.39, 0.29) is 17.3 Å². The lowest BCUT2D eigenvalue weighted by Crippen LogP contribution is -2.15. The smallest absolute Gasteiger partial charge is 0.197 e. The molecule has 0 amide bonds. The molecule has 0 N–H and O–H groups in total. The summed E-state index contributed by atoms with van der Waals surface area (Å²) in [6.07, 6.45) is 0.157. The van der Waals surface area contributed by atoms with Gasteiger partial charge in [0.15, 0.2) is 5.78 Å². The Balaban J connectivity index is 1.98. The summed E-state index contributed by atoms with van der Waals surface area (Å²) in [5, 5.41) is 0. The molecule has 2 aromatic rings. The van der Waals surface area contributed by atoms with E-state index >= 15 is 0 Å². The summed E-state index contributed by atoms with van der Waals surface area (Å²) in [7, 11) is 0. The summed E-state index contributed by atoms with van der Waals surface area (Å²) < 4.78 is 11.2. The highest BCUT2D eigenvalue weighted by molar-refractivity contribution is 6.11. The summed E-state index contributed by atoms with van der Waals surface area (Å²) in [6, 6.07) is 13.6. The van der Waals surface area contributed by atoms with Crippen molar-refractivity contribution in [3.05, 3.63) is 64.7 Å². The molecule has 3 heteroatoms. The zero-order valence-electron chi connectivity index (χ0n) is 14.8. The van der Waals surface area contributed by atoms with E-state index in [0.29, 0.717) is 23.5 Å².